The molecule has 0 bridgehead atoms. The zero-order chi connectivity index (χ0) is 18.2. The van der Waals surface area contributed by atoms with Gasteiger partial charge in [0.1, 0.15) is 0 Å². The smallest absolute Gasteiger partial charge is 0.0702 e. The summed E-state index contributed by atoms with van der Waals surface area (Å²) in [7, 11) is 0. The summed E-state index contributed by atoms with van der Waals surface area (Å²) in [5, 5.41) is 0. The third-order valence-corrected chi connectivity index (χ3v) is 6.12. The molecule has 26 heavy (non-hydrogen) atoms. The van der Waals surface area contributed by atoms with Crippen molar-refractivity contribution in [1.82, 2.24) is 4.98 Å². The lowest BCUT2D eigenvalue weighted by molar-refractivity contribution is 0.252. The molecule has 0 amide bonds. The van der Waals surface area contributed by atoms with Crippen LogP contribution in [0.2, 0.25) is 0 Å². The van der Waals surface area contributed by atoms with Crippen molar-refractivity contribution < 1.29 is 0 Å². The molecule has 1 heterocycles. The van der Waals surface area contributed by atoms with E-state index < -0.39 is 0 Å². The molecule has 3 rings (SSSR count). The highest BCUT2D eigenvalue weighted by Crippen LogP contribution is 2.33. The van der Waals surface area contributed by atoms with E-state index in [0.29, 0.717) is 0 Å². The fraction of sp³-hybridized carbons (Fsp3) is 0.560. The van der Waals surface area contributed by atoms with E-state index in [2.05, 4.69) is 56.4 Å². The minimum Gasteiger partial charge on any atom is -0.256 e. The van der Waals surface area contributed by atoms with Crippen LogP contribution in [0.25, 0.3) is 11.3 Å². The fourth-order valence-electron chi connectivity index (χ4n) is 4.46. The van der Waals surface area contributed by atoms with Gasteiger partial charge in [0.25, 0.3) is 0 Å². The van der Waals surface area contributed by atoms with Crippen LogP contribution >= 0.6 is 0 Å². The summed E-state index contributed by atoms with van der Waals surface area (Å²) >= 11 is 0. The molecule has 1 aromatic carbocycles. The normalized spacial score (nSPS) is 20.2. The molecule has 0 spiro atoms. The molecule has 0 radical (unpaired) electrons. The van der Waals surface area contributed by atoms with E-state index in [1.54, 1.807) is 0 Å². The average molecular weight is 350 g/mol. The third-order valence-electron chi connectivity index (χ3n) is 6.12. The van der Waals surface area contributed by atoms with Crippen molar-refractivity contribution in [2.75, 3.05) is 0 Å². The predicted octanol–water partition coefficient (Wildman–Crippen LogP) is 7.24. The van der Waals surface area contributed by atoms with E-state index in [0.717, 1.165) is 24.0 Å². The molecule has 2 aromatic rings. The average Bonchev–Trinajstić information content (AvgIpc) is 2.69. The van der Waals surface area contributed by atoms with Gasteiger partial charge >= 0.3 is 0 Å². The summed E-state index contributed by atoms with van der Waals surface area (Å²) in [6, 6.07) is 13.4. The van der Waals surface area contributed by atoms with Crippen molar-refractivity contribution in [3.8, 4) is 11.3 Å². The van der Waals surface area contributed by atoms with Gasteiger partial charge in [0.15, 0.2) is 0 Å². The minimum absolute atomic E-state index is 0.939. The zero-order valence-corrected chi connectivity index (χ0v) is 16.7. The first kappa shape index (κ1) is 19.1. The number of hydrogen-bond acceptors (Lipinski definition) is 1. The first-order chi connectivity index (χ1) is 12.8. The topological polar surface area (TPSA) is 12.9 Å². The van der Waals surface area contributed by atoms with Crippen molar-refractivity contribution in [3.05, 3.63) is 53.7 Å². The zero-order valence-electron chi connectivity index (χ0n) is 16.7. The van der Waals surface area contributed by atoms with E-state index >= 15 is 0 Å². The maximum Gasteiger partial charge on any atom is 0.0702 e. The lowest BCUT2D eigenvalue weighted by Gasteiger charge is -2.28. The summed E-state index contributed by atoms with van der Waals surface area (Å²) in [6.45, 7) is 4.55. The first-order valence-corrected chi connectivity index (χ1v) is 10.8. The van der Waals surface area contributed by atoms with Crippen LogP contribution in [-0.2, 0) is 12.8 Å². The third kappa shape index (κ3) is 5.43. The molecule has 1 aliphatic rings. The molecule has 1 saturated carbocycles. The maximum atomic E-state index is 4.72. The molecule has 0 aliphatic heterocycles. The summed E-state index contributed by atoms with van der Waals surface area (Å²) in [6.07, 6.45) is 15.6. The van der Waals surface area contributed by atoms with Gasteiger partial charge in [-0.3, -0.25) is 4.98 Å². The molecule has 1 aliphatic carbocycles. The Morgan fingerprint density at radius 2 is 1.38 bits per heavy atom. The summed E-state index contributed by atoms with van der Waals surface area (Å²) < 4.78 is 0. The van der Waals surface area contributed by atoms with Crippen LogP contribution in [0.15, 0.2) is 42.6 Å². The molecular formula is C25H35N. The lowest BCUT2D eigenvalue weighted by atomic mass is 9.78. The number of nitrogens with zero attached hydrogens (tertiary/aromatic N) is 1. The second-order valence-corrected chi connectivity index (χ2v) is 8.21. The molecule has 0 N–H and O–H groups in total. The molecule has 1 nitrogen and oxygen atoms in total. The number of pyridine rings is 1. The second-order valence-electron chi connectivity index (χ2n) is 8.21. The Morgan fingerprint density at radius 3 is 1.96 bits per heavy atom. The summed E-state index contributed by atoms with van der Waals surface area (Å²) in [4.78, 5) is 4.72. The van der Waals surface area contributed by atoms with Crippen LogP contribution in [0.4, 0.5) is 0 Å². The van der Waals surface area contributed by atoms with Crippen LogP contribution in [0.5, 0.6) is 0 Å². The van der Waals surface area contributed by atoms with Gasteiger partial charge in [0.2, 0.25) is 0 Å². The standard InChI is InChI=1S/C25H35N/c1-3-5-20-7-9-22(10-8-20)11-12-23-15-18-25(26-19-23)24-16-13-21(6-4-2)14-17-24/h13-20,22H,3-12H2,1-2H3/t20-,22-. The van der Waals surface area contributed by atoms with Gasteiger partial charge in [-0.1, -0.05) is 89.1 Å². The van der Waals surface area contributed by atoms with Crippen LogP contribution in [-0.4, -0.2) is 4.98 Å². The molecule has 140 valence electrons. The molecule has 0 unspecified atom stereocenters. The number of aryl methyl sites for hydroxylation is 2. The van der Waals surface area contributed by atoms with Gasteiger partial charge < -0.3 is 0 Å². The molecule has 0 saturated heterocycles. The van der Waals surface area contributed by atoms with Gasteiger partial charge in [-0.25, -0.2) is 0 Å². The number of hydrogen-bond donors (Lipinski definition) is 0. The van der Waals surface area contributed by atoms with Crippen molar-refractivity contribution >= 4 is 0 Å². The minimum atomic E-state index is 0.939. The Morgan fingerprint density at radius 1 is 0.731 bits per heavy atom. The second kappa shape index (κ2) is 9.90. The number of benzene rings is 1. The monoisotopic (exact) mass is 349 g/mol. The van der Waals surface area contributed by atoms with Crippen molar-refractivity contribution in [3.63, 3.8) is 0 Å². The number of rotatable bonds is 8. The Hall–Kier alpha value is -1.63. The number of aromatic nitrogens is 1. The highest BCUT2D eigenvalue weighted by molar-refractivity contribution is 5.59. The molecule has 1 fully saturated rings. The Balaban J connectivity index is 1.49. The summed E-state index contributed by atoms with van der Waals surface area (Å²) in [5.41, 5.74) is 5.14. The van der Waals surface area contributed by atoms with Gasteiger partial charge in [-0.2, -0.15) is 0 Å². The molecule has 1 aromatic heterocycles. The Bertz CT molecular complexity index is 633. The Kier molecular flexibility index (Phi) is 7.29. The molecule has 0 atom stereocenters. The van der Waals surface area contributed by atoms with E-state index in [4.69, 9.17) is 4.98 Å². The lowest BCUT2D eigenvalue weighted by Crippen LogP contribution is -2.15. The highest BCUT2D eigenvalue weighted by Gasteiger charge is 2.20. The maximum absolute atomic E-state index is 4.72. The van der Waals surface area contributed by atoms with Crippen LogP contribution in [0.1, 0.15) is 76.3 Å². The van der Waals surface area contributed by atoms with Crippen molar-refractivity contribution in [2.24, 2.45) is 11.8 Å². The fourth-order valence-corrected chi connectivity index (χ4v) is 4.46. The quantitative estimate of drug-likeness (QED) is 0.489. The van der Waals surface area contributed by atoms with E-state index in [1.807, 2.05) is 0 Å². The van der Waals surface area contributed by atoms with E-state index in [-0.39, 0.29) is 0 Å². The van der Waals surface area contributed by atoms with Gasteiger partial charge in [0, 0.05) is 11.8 Å². The van der Waals surface area contributed by atoms with E-state index in [9.17, 15) is 0 Å². The van der Waals surface area contributed by atoms with Gasteiger partial charge in [0.05, 0.1) is 5.69 Å². The molecular weight excluding hydrogens is 314 g/mol. The predicted molar refractivity (Wildman–Crippen MR) is 112 cm³/mol. The van der Waals surface area contributed by atoms with Crippen LogP contribution in [0, 0.1) is 11.8 Å². The van der Waals surface area contributed by atoms with Crippen molar-refractivity contribution in [2.45, 2.75) is 78.1 Å². The van der Waals surface area contributed by atoms with Crippen molar-refractivity contribution in [1.29, 1.82) is 0 Å². The largest absolute Gasteiger partial charge is 0.256 e. The van der Waals surface area contributed by atoms with Crippen LogP contribution in [0.3, 0.4) is 0 Å². The summed E-state index contributed by atoms with van der Waals surface area (Å²) in [5.74, 6) is 1.95. The van der Waals surface area contributed by atoms with Gasteiger partial charge in [-0.05, 0) is 48.3 Å². The van der Waals surface area contributed by atoms with E-state index in [1.165, 1.54) is 74.5 Å². The SMILES string of the molecule is CCCc1ccc(-c2ccc(CC[C@H]3CC[C@H](CCC)CC3)cn2)cc1. The first-order valence-electron chi connectivity index (χ1n) is 10.8. The Labute approximate surface area is 160 Å². The highest BCUT2D eigenvalue weighted by atomic mass is 14.7. The van der Waals surface area contributed by atoms with Gasteiger partial charge in [-0.15, -0.1) is 0 Å². The molecule has 1 heteroatoms. The van der Waals surface area contributed by atoms with Crippen LogP contribution < -0.4 is 0 Å².